The fraction of sp³-hybridized carbons (Fsp3) is 0.778. The van der Waals surface area contributed by atoms with Crippen molar-refractivity contribution in [2.24, 2.45) is 5.92 Å². The number of fused-ring (bicyclic) bond motifs is 1. The van der Waals surface area contributed by atoms with Gasteiger partial charge in [0.25, 0.3) is 0 Å². The van der Waals surface area contributed by atoms with E-state index in [0.29, 0.717) is 6.04 Å². The molecule has 0 unspecified atom stereocenters. The molecule has 0 radical (unpaired) electrons. The third kappa shape index (κ3) is 3.43. The van der Waals surface area contributed by atoms with Gasteiger partial charge in [0.15, 0.2) is 0 Å². The molecule has 3 aliphatic rings. The smallest absolute Gasteiger partial charge is 0.317 e. The number of nitrogens with zero attached hydrogens (tertiary/aromatic N) is 4. The van der Waals surface area contributed by atoms with Crippen LogP contribution in [0, 0.1) is 5.92 Å². The van der Waals surface area contributed by atoms with Crippen LogP contribution in [-0.2, 0) is 6.54 Å². The van der Waals surface area contributed by atoms with E-state index in [1.165, 1.54) is 31.5 Å². The Morgan fingerprint density at radius 2 is 2.08 bits per heavy atom. The quantitative estimate of drug-likeness (QED) is 0.900. The Morgan fingerprint density at radius 3 is 2.83 bits per heavy atom. The lowest BCUT2D eigenvalue weighted by Crippen LogP contribution is -2.43. The molecule has 1 aromatic heterocycles. The van der Waals surface area contributed by atoms with Gasteiger partial charge in [0, 0.05) is 45.5 Å². The van der Waals surface area contributed by atoms with Gasteiger partial charge in [0.2, 0.25) is 0 Å². The van der Waals surface area contributed by atoms with Gasteiger partial charge in [-0.25, -0.2) is 4.79 Å². The summed E-state index contributed by atoms with van der Waals surface area (Å²) in [6.45, 7) is 5.86. The summed E-state index contributed by atoms with van der Waals surface area (Å²) in [7, 11) is 0. The van der Waals surface area contributed by atoms with Crippen LogP contribution in [0.15, 0.2) is 12.3 Å². The SMILES string of the molecule is O=C(NCC[C@H]1CN(CC2CCC2)Cc2ccnn21)N1CCCC1. The van der Waals surface area contributed by atoms with Crippen molar-refractivity contribution in [2.75, 3.05) is 32.7 Å². The minimum atomic E-state index is 0.107. The van der Waals surface area contributed by atoms with Crippen LogP contribution in [0.25, 0.3) is 0 Å². The Hall–Kier alpha value is -1.56. The van der Waals surface area contributed by atoms with E-state index in [-0.39, 0.29) is 6.03 Å². The minimum Gasteiger partial charge on any atom is -0.338 e. The van der Waals surface area contributed by atoms with Crippen molar-refractivity contribution in [1.29, 1.82) is 0 Å². The minimum absolute atomic E-state index is 0.107. The lowest BCUT2D eigenvalue weighted by molar-refractivity contribution is 0.120. The second-order valence-electron chi connectivity index (χ2n) is 7.63. The number of aromatic nitrogens is 2. The van der Waals surface area contributed by atoms with E-state index in [9.17, 15) is 4.79 Å². The molecule has 2 aliphatic heterocycles. The molecule has 4 rings (SSSR count). The number of urea groups is 1. The standard InChI is InChI=1S/C18H29N5O/c24-18(22-10-1-2-11-22)19-8-6-16-13-21(12-15-4-3-5-15)14-17-7-9-20-23(16)17/h7,9,15-16H,1-6,8,10-14H2,(H,19,24)/t16-/m0/s1. The molecule has 3 heterocycles. The van der Waals surface area contributed by atoms with Gasteiger partial charge in [0.1, 0.15) is 0 Å². The summed E-state index contributed by atoms with van der Waals surface area (Å²) >= 11 is 0. The number of rotatable bonds is 5. The van der Waals surface area contributed by atoms with Crippen LogP contribution < -0.4 is 5.32 Å². The second-order valence-corrected chi connectivity index (χ2v) is 7.63. The van der Waals surface area contributed by atoms with E-state index in [4.69, 9.17) is 0 Å². The number of nitrogens with one attached hydrogen (secondary N) is 1. The Balaban J connectivity index is 1.30. The van der Waals surface area contributed by atoms with Gasteiger partial charge in [0.05, 0.1) is 11.7 Å². The maximum Gasteiger partial charge on any atom is 0.317 e. The fourth-order valence-electron chi connectivity index (χ4n) is 4.24. The second kappa shape index (κ2) is 7.13. The number of likely N-dealkylation sites (tertiary alicyclic amines) is 1. The van der Waals surface area contributed by atoms with E-state index < -0.39 is 0 Å². The van der Waals surface area contributed by atoms with Crippen molar-refractivity contribution in [3.05, 3.63) is 18.0 Å². The molecular weight excluding hydrogens is 302 g/mol. The van der Waals surface area contributed by atoms with E-state index in [2.05, 4.69) is 26.1 Å². The van der Waals surface area contributed by atoms with E-state index in [0.717, 1.165) is 57.9 Å². The highest BCUT2D eigenvalue weighted by molar-refractivity contribution is 5.74. The van der Waals surface area contributed by atoms with E-state index in [1.54, 1.807) is 0 Å². The molecule has 0 aromatic carbocycles. The highest BCUT2D eigenvalue weighted by Gasteiger charge is 2.28. The zero-order valence-electron chi connectivity index (χ0n) is 14.5. The van der Waals surface area contributed by atoms with Crippen molar-refractivity contribution in [3.8, 4) is 0 Å². The molecule has 2 amide bonds. The van der Waals surface area contributed by atoms with Crippen LogP contribution in [0.2, 0.25) is 0 Å². The molecule has 132 valence electrons. The highest BCUT2D eigenvalue weighted by Crippen LogP contribution is 2.30. The van der Waals surface area contributed by atoms with Crippen LogP contribution in [0.1, 0.15) is 50.3 Å². The first-order valence-corrected chi connectivity index (χ1v) is 9.57. The molecule has 6 nitrogen and oxygen atoms in total. The summed E-state index contributed by atoms with van der Waals surface area (Å²) < 4.78 is 2.18. The average Bonchev–Trinajstić information content (AvgIpc) is 3.22. The topological polar surface area (TPSA) is 53.4 Å². The third-order valence-electron chi connectivity index (χ3n) is 5.84. The van der Waals surface area contributed by atoms with Crippen LogP contribution in [-0.4, -0.2) is 58.3 Å². The summed E-state index contributed by atoms with van der Waals surface area (Å²) in [6.07, 6.45) is 9.35. The molecule has 0 spiro atoms. The fourth-order valence-corrected chi connectivity index (χ4v) is 4.24. The van der Waals surface area contributed by atoms with Crippen LogP contribution in [0.3, 0.4) is 0 Å². The predicted octanol–water partition coefficient (Wildman–Crippen LogP) is 2.24. The molecule has 0 bridgehead atoms. The molecule has 24 heavy (non-hydrogen) atoms. The Bertz CT molecular complexity index is 562. The monoisotopic (exact) mass is 331 g/mol. The molecule has 1 aliphatic carbocycles. The zero-order valence-corrected chi connectivity index (χ0v) is 14.5. The van der Waals surface area contributed by atoms with Crippen molar-refractivity contribution in [3.63, 3.8) is 0 Å². The maximum absolute atomic E-state index is 12.1. The van der Waals surface area contributed by atoms with E-state index in [1.807, 2.05) is 11.1 Å². The Labute approximate surface area is 144 Å². The van der Waals surface area contributed by atoms with Crippen molar-refractivity contribution >= 4 is 6.03 Å². The molecule has 2 fully saturated rings. The summed E-state index contributed by atoms with van der Waals surface area (Å²) in [5.41, 5.74) is 1.32. The van der Waals surface area contributed by atoms with E-state index >= 15 is 0 Å². The van der Waals surface area contributed by atoms with Gasteiger partial charge in [-0.3, -0.25) is 9.58 Å². The lowest BCUT2D eigenvalue weighted by atomic mass is 9.85. The molecule has 1 N–H and O–H groups in total. The van der Waals surface area contributed by atoms with Gasteiger partial charge in [-0.15, -0.1) is 0 Å². The zero-order chi connectivity index (χ0) is 16.4. The molecule has 6 heteroatoms. The van der Waals surface area contributed by atoms with Gasteiger partial charge < -0.3 is 10.2 Å². The molecule has 1 saturated heterocycles. The van der Waals surface area contributed by atoms with Crippen LogP contribution in [0.4, 0.5) is 4.79 Å². The summed E-state index contributed by atoms with van der Waals surface area (Å²) in [5.74, 6) is 0.898. The number of hydrogen-bond donors (Lipinski definition) is 1. The van der Waals surface area contributed by atoms with Crippen molar-refractivity contribution < 1.29 is 4.79 Å². The third-order valence-corrected chi connectivity index (χ3v) is 5.84. The Morgan fingerprint density at radius 1 is 1.25 bits per heavy atom. The number of amides is 2. The highest BCUT2D eigenvalue weighted by atomic mass is 16.2. The first-order valence-electron chi connectivity index (χ1n) is 9.57. The lowest BCUT2D eigenvalue weighted by Gasteiger charge is -2.38. The van der Waals surface area contributed by atoms with Gasteiger partial charge in [-0.2, -0.15) is 5.10 Å². The van der Waals surface area contributed by atoms with Gasteiger partial charge in [-0.1, -0.05) is 6.42 Å². The van der Waals surface area contributed by atoms with Crippen LogP contribution >= 0.6 is 0 Å². The summed E-state index contributed by atoms with van der Waals surface area (Å²) in [4.78, 5) is 16.6. The molecule has 1 saturated carbocycles. The van der Waals surface area contributed by atoms with Crippen LogP contribution in [0.5, 0.6) is 0 Å². The summed E-state index contributed by atoms with van der Waals surface area (Å²) in [6, 6.07) is 2.63. The van der Waals surface area contributed by atoms with Crippen molar-refractivity contribution in [2.45, 2.75) is 51.1 Å². The number of carbonyl (C=O) groups excluding carboxylic acids is 1. The summed E-state index contributed by atoms with van der Waals surface area (Å²) in [5, 5.41) is 7.63. The normalized spacial score (nSPS) is 24.7. The molecular formula is C18H29N5O. The largest absolute Gasteiger partial charge is 0.338 e. The van der Waals surface area contributed by atoms with Gasteiger partial charge >= 0.3 is 6.03 Å². The molecule has 1 atom stereocenters. The first-order chi connectivity index (χ1) is 11.8. The van der Waals surface area contributed by atoms with Crippen molar-refractivity contribution in [1.82, 2.24) is 24.9 Å². The maximum atomic E-state index is 12.1. The average molecular weight is 331 g/mol. The number of carbonyl (C=O) groups is 1. The predicted molar refractivity (Wildman–Crippen MR) is 92.7 cm³/mol. The number of hydrogen-bond acceptors (Lipinski definition) is 3. The molecule has 1 aromatic rings. The first kappa shape index (κ1) is 15.9. The van der Waals surface area contributed by atoms with Gasteiger partial charge in [-0.05, 0) is 44.1 Å². The Kier molecular flexibility index (Phi) is 4.74.